The summed E-state index contributed by atoms with van der Waals surface area (Å²) in [6.45, 7) is 5.42. The molecule has 5 nitrogen and oxygen atoms in total. The summed E-state index contributed by atoms with van der Waals surface area (Å²) in [6, 6.07) is 10.1. The number of aryl methyl sites for hydroxylation is 1. The van der Waals surface area contributed by atoms with E-state index in [2.05, 4.69) is 22.0 Å². The van der Waals surface area contributed by atoms with Crippen molar-refractivity contribution >= 4 is 0 Å². The molecule has 0 bridgehead atoms. The van der Waals surface area contributed by atoms with E-state index < -0.39 is 0 Å². The molecule has 1 aromatic carbocycles. The second-order valence-electron chi connectivity index (χ2n) is 7.84. The Morgan fingerprint density at radius 2 is 2.04 bits per heavy atom. The summed E-state index contributed by atoms with van der Waals surface area (Å²) in [5.74, 6) is 0.930. The number of benzene rings is 1. The number of phenolic OH excluding ortho intramolecular Hbond substituents is 1. The maximum Gasteiger partial charge on any atom is 0.122 e. The van der Waals surface area contributed by atoms with Crippen LogP contribution in [-0.4, -0.2) is 40.7 Å². The van der Waals surface area contributed by atoms with E-state index in [9.17, 15) is 5.11 Å². The van der Waals surface area contributed by atoms with Gasteiger partial charge in [0.05, 0.1) is 17.9 Å². The van der Waals surface area contributed by atoms with Crippen LogP contribution >= 0.6 is 0 Å². The largest absolute Gasteiger partial charge is 0.507 e. The number of nitrogens with zero attached hydrogens (tertiary/aromatic N) is 2. The van der Waals surface area contributed by atoms with Crippen molar-refractivity contribution in [2.24, 2.45) is 11.7 Å². The number of hydrogen-bond acceptors (Lipinski definition) is 5. The maximum absolute atomic E-state index is 10.6. The van der Waals surface area contributed by atoms with Crippen molar-refractivity contribution in [1.29, 1.82) is 0 Å². The minimum atomic E-state index is -0.114. The standard InChI is InChI=1S/C22H29N3O2/c1-15-5-6-18-19(22(15)26)12-20(27-21(18)13-23)16-7-10-25(11-8-16)14-17-4-2-3-9-24-17/h2-6,9,16,20-21,26H,7-8,10-14,23H2,1H3. The van der Waals surface area contributed by atoms with Crippen LogP contribution in [0.5, 0.6) is 5.75 Å². The number of fused-ring (bicyclic) bond motifs is 1. The number of likely N-dealkylation sites (tertiary alicyclic amines) is 1. The van der Waals surface area contributed by atoms with Crippen molar-refractivity contribution in [1.82, 2.24) is 9.88 Å². The zero-order valence-corrected chi connectivity index (χ0v) is 16.0. The van der Waals surface area contributed by atoms with Gasteiger partial charge in [0.2, 0.25) is 0 Å². The van der Waals surface area contributed by atoms with Gasteiger partial charge in [0.15, 0.2) is 0 Å². The highest BCUT2D eigenvalue weighted by molar-refractivity contribution is 5.47. The van der Waals surface area contributed by atoms with Crippen molar-refractivity contribution in [2.45, 2.75) is 44.9 Å². The SMILES string of the molecule is Cc1ccc2c(c1O)CC(C1CCN(Cc3ccccn3)CC1)OC2CN. The van der Waals surface area contributed by atoms with E-state index in [1.807, 2.05) is 31.3 Å². The molecule has 0 radical (unpaired) electrons. The van der Waals surface area contributed by atoms with Gasteiger partial charge in [-0.05, 0) is 62.0 Å². The predicted octanol–water partition coefficient (Wildman–Crippen LogP) is 2.95. The summed E-state index contributed by atoms with van der Waals surface area (Å²) in [5, 5.41) is 10.6. The van der Waals surface area contributed by atoms with Crippen LogP contribution in [0.1, 0.15) is 41.3 Å². The van der Waals surface area contributed by atoms with E-state index in [-0.39, 0.29) is 12.2 Å². The highest BCUT2D eigenvalue weighted by Gasteiger charge is 2.35. The quantitative estimate of drug-likeness (QED) is 0.869. The first-order valence-corrected chi connectivity index (χ1v) is 9.95. The van der Waals surface area contributed by atoms with Crippen LogP contribution in [0.3, 0.4) is 0 Å². The summed E-state index contributed by atoms with van der Waals surface area (Å²) in [7, 11) is 0. The van der Waals surface area contributed by atoms with Crippen LogP contribution in [0.15, 0.2) is 36.5 Å². The Morgan fingerprint density at radius 1 is 1.22 bits per heavy atom. The molecule has 2 aliphatic rings. The summed E-state index contributed by atoms with van der Waals surface area (Å²) in [4.78, 5) is 6.91. The van der Waals surface area contributed by atoms with Crippen LogP contribution in [0, 0.1) is 12.8 Å². The van der Waals surface area contributed by atoms with Gasteiger partial charge < -0.3 is 15.6 Å². The zero-order valence-electron chi connectivity index (χ0n) is 16.0. The molecule has 3 heterocycles. The number of phenols is 1. The molecule has 2 aromatic rings. The van der Waals surface area contributed by atoms with E-state index in [4.69, 9.17) is 10.5 Å². The molecule has 0 saturated carbocycles. The van der Waals surface area contributed by atoms with E-state index in [1.165, 1.54) is 0 Å². The normalized spacial score (nSPS) is 23.9. The average Bonchev–Trinajstić information content (AvgIpc) is 2.71. The number of ether oxygens (including phenoxy) is 1. The number of aromatic nitrogens is 1. The third-order valence-corrected chi connectivity index (χ3v) is 6.10. The van der Waals surface area contributed by atoms with Gasteiger partial charge in [0.25, 0.3) is 0 Å². The second-order valence-corrected chi connectivity index (χ2v) is 7.84. The lowest BCUT2D eigenvalue weighted by atomic mass is 9.83. The number of nitrogens with two attached hydrogens (primary N) is 1. The van der Waals surface area contributed by atoms with E-state index in [1.54, 1.807) is 0 Å². The molecule has 1 saturated heterocycles. The molecule has 2 aliphatic heterocycles. The average molecular weight is 367 g/mol. The van der Waals surface area contributed by atoms with E-state index in [0.717, 1.165) is 61.3 Å². The maximum atomic E-state index is 10.6. The molecule has 5 heteroatoms. The molecule has 3 N–H and O–H groups in total. The molecule has 0 spiro atoms. The molecular formula is C22H29N3O2. The molecule has 27 heavy (non-hydrogen) atoms. The Labute approximate surface area is 161 Å². The van der Waals surface area contributed by atoms with Gasteiger partial charge in [-0.15, -0.1) is 0 Å². The van der Waals surface area contributed by atoms with Gasteiger partial charge in [-0.3, -0.25) is 9.88 Å². The van der Waals surface area contributed by atoms with Crippen molar-refractivity contribution in [3.8, 4) is 5.75 Å². The molecular weight excluding hydrogens is 338 g/mol. The molecule has 1 aromatic heterocycles. The van der Waals surface area contributed by atoms with Gasteiger partial charge in [0.1, 0.15) is 5.75 Å². The Hall–Kier alpha value is -1.95. The van der Waals surface area contributed by atoms with Crippen molar-refractivity contribution < 1.29 is 9.84 Å². The van der Waals surface area contributed by atoms with Gasteiger partial charge in [-0.25, -0.2) is 0 Å². The lowest BCUT2D eigenvalue weighted by Gasteiger charge is -2.40. The van der Waals surface area contributed by atoms with Crippen LogP contribution in [0.2, 0.25) is 0 Å². The monoisotopic (exact) mass is 367 g/mol. The fourth-order valence-corrected chi connectivity index (χ4v) is 4.48. The molecule has 2 atom stereocenters. The Balaban J connectivity index is 1.42. The number of piperidine rings is 1. The highest BCUT2D eigenvalue weighted by atomic mass is 16.5. The molecule has 4 rings (SSSR count). The van der Waals surface area contributed by atoms with Crippen molar-refractivity contribution in [2.75, 3.05) is 19.6 Å². The molecule has 0 amide bonds. The fourth-order valence-electron chi connectivity index (χ4n) is 4.48. The lowest BCUT2D eigenvalue weighted by Crippen LogP contribution is -2.42. The summed E-state index contributed by atoms with van der Waals surface area (Å²) in [6.07, 6.45) is 4.88. The van der Waals surface area contributed by atoms with Gasteiger partial charge >= 0.3 is 0 Å². The van der Waals surface area contributed by atoms with Crippen LogP contribution in [-0.2, 0) is 17.7 Å². The Bertz CT molecular complexity index is 773. The number of aromatic hydroxyl groups is 1. The van der Waals surface area contributed by atoms with Crippen LogP contribution in [0.4, 0.5) is 0 Å². The summed E-state index contributed by atoms with van der Waals surface area (Å²) >= 11 is 0. The van der Waals surface area contributed by atoms with Crippen molar-refractivity contribution in [3.05, 3.63) is 58.9 Å². The third-order valence-electron chi connectivity index (χ3n) is 6.10. The summed E-state index contributed by atoms with van der Waals surface area (Å²) in [5.41, 5.74) is 10.1. The first kappa shape index (κ1) is 18.4. The first-order chi connectivity index (χ1) is 13.2. The summed E-state index contributed by atoms with van der Waals surface area (Å²) < 4.78 is 6.38. The highest BCUT2D eigenvalue weighted by Crippen LogP contribution is 2.40. The van der Waals surface area contributed by atoms with E-state index in [0.29, 0.717) is 18.2 Å². The molecule has 2 unspecified atom stereocenters. The van der Waals surface area contributed by atoms with Crippen LogP contribution < -0.4 is 5.73 Å². The molecule has 1 fully saturated rings. The Kier molecular flexibility index (Phi) is 5.43. The zero-order chi connectivity index (χ0) is 18.8. The number of pyridine rings is 1. The lowest BCUT2D eigenvalue weighted by molar-refractivity contribution is -0.0651. The smallest absolute Gasteiger partial charge is 0.122 e. The fraction of sp³-hybridized carbons (Fsp3) is 0.500. The second kappa shape index (κ2) is 7.97. The topological polar surface area (TPSA) is 71.6 Å². The van der Waals surface area contributed by atoms with Crippen LogP contribution in [0.25, 0.3) is 0 Å². The van der Waals surface area contributed by atoms with Gasteiger partial charge in [-0.1, -0.05) is 18.2 Å². The molecule has 0 aliphatic carbocycles. The minimum Gasteiger partial charge on any atom is -0.507 e. The minimum absolute atomic E-state index is 0.114. The third kappa shape index (κ3) is 3.86. The molecule has 144 valence electrons. The number of hydrogen-bond donors (Lipinski definition) is 2. The predicted molar refractivity (Wildman–Crippen MR) is 105 cm³/mol. The van der Waals surface area contributed by atoms with E-state index >= 15 is 0 Å². The Morgan fingerprint density at radius 3 is 2.74 bits per heavy atom. The van der Waals surface area contributed by atoms with Gasteiger partial charge in [0, 0.05) is 31.3 Å². The van der Waals surface area contributed by atoms with Gasteiger partial charge in [-0.2, -0.15) is 0 Å². The first-order valence-electron chi connectivity index (χ1n) is 9.95. The number of rotatable bonds is 4. The van der Waals surface area contributed by atoms with Crippen molar-refractivity contribution in [3.63, 3.8) is 0 Å².